The number of hydrogen-bond acceptors (Lipinski definition) is 3. The molecule has 5 nitrogen and oxygen atoms in total. The lowest BCUT2D eigenvalue weighted by atomic mass is 9.99. The molecule has 0 aromatic heterocycles. The maximum Gasteiger partial charge on any atom is 0.317 e. The van der Waals surface area contributed by atoms with E-state index in [0.29, 0.717) is 25.4 Å². The van der Waals surface area contributed by atoms with E-state index in [1.807, 2.05) is 19.0 Å². The minimum absolute atomic E-state index is 0.0228. The summed E-state index contributed by atoms with van der Waals surface area (Å²) in [6.45, 7) is 6.72. The van der Waals surface area contributed by atoms with Crippen LogP contribution in [0.3, 0.4) is 0 Å². The fourth-order valence-electron chi connectivity index (χ4n) is 2.72. The first-order chi connectivity index (χ1) is 11.8. The standard InChI is InChI=1S/C19H30FN3O2/c1-19(2,22(3)4)14-21-18(24)23-10-6-7-15(12-23)13-25-17-9-5-8-16(20)11-17/h5,8-9,11,15H,6-7,10,12-14H2,1-4H3,(H,21,24)/t15-/m1/s1. The molecule has 140 valence electrons. The van der Waals surface area contributed by atoms with Gasteiger partial charge in [-0.05, 0) is 52.9 Å². The highest BCUT2D eigenvalue weighted by Gasteiger charge is 2.26. The molecule has 1 atom stereocenters. The Morgan fingerprint density at radius 1 is 1.44 bits per heavy atom. The summed E-state index contributed by atoms with van der Waals surface area (Å²) in [4.78, 5) is 16.4. The molecule has 1 aromatic rings. The number of likely N-dealkylation sites (N-methyl/N-ethyl adjacent to an activating group) is 1. The molecule has 1 heterocycles. The summed E-state index contributed by atoms with van der Waals surface area (Å²) < 4.78 is 18.9. The van der Waals surface area contributed by atoms with E-state index in [4.69, 9.17) is 4.74 Å². The zero-order valence-electron chi connectivity index (χ0n) is 15.7. The van der Waals surface area contributed by atoms with Crippen LogP contribution in [0.1, 0.15) is 26.7 Å². The second-order valence-corrected chi connectivity index (χ2v) is 7.59. The Bertz CT molecular complexity index is 578. The molecule has 25 heavy (non-hydrogen) atoms. The van der Waals surface area contributed by atoms with Crippen LogP contribution in [0.25, 0.3) is 0 Å². The third-order valence-electron chi connectivity index (χ3n) is 4.97. The van der Waals surface area contributed by atoms with Gasteiger partial charge >= 0.3 is 6.03 Å². The van der Waals surface area contributed by atoms with Crippen LogP contribution < -0.4 is 10.1 Å². The molecule has 2 rings (SSSR count). The van der Waals surface area contributed by atoms with E-state index >= 15 is 0 Å². The van der Waals surface area contributed by atoms with E-state index in [-0.39, 0.29) is 23.3 Å². The van der Waals surface area contributed by atoms with Gasteiger partial charge in [0.25, 0.3) is 0 Å². The van der Waals surface area contributed by atoms with Gasteiger partial charge in [-0.25, -0.2) is 9.18 Å². The van der Waals surface area contributed by atoms with Crippen LogP contribution in [0.15, 0.2) is 24.3 Å². The first-order valence-corrected chi connectivity index (χ1v) is 8.86. The number of ether oxygens (including phenoxy) is 1. The number of amides is 2. The molecule has 0 unspecified atom stereocenters. The van der Waals surface area contributed by atoms with Gasteiger partial charge in [-0.2, -0.15) is 0 Å². The quantitative estimate of drug-likeness (QED) is 0.857. The third-order valence-corrected chi connectivity index (χ3v) is 4.97. The lowest BCUT2D eigenvalue weighted by Crippen LogP contribution is -2.53. The van der Waals surface area contributed by atoms with Crippen molar-refractivity contribution in [1.82, 2.24) is 15.1 Å². The van der Waals surface area contributed by atoms with Crippen LogP contribution in [-0.2, 0) is 0 Å². The van der Waals surface area contributed by atoms with Crippen LogP contribution in [0.5, 0.6) is 5.75 Å². The van der Waals surface area contributed by atoms with Crippen LogP contribution >= 0.6 is 0 Å². The van der Waals surface area contributed by atoms with Crippen LogP contribution in [-0.4, -0.2) is 61.7 Å². The van der Waals surface area contributed by atoms with Gasteiger partial charge in [0.05, 0.1) is 6.61 Å². The molecule has 0 bridgehead atoms. The zero-order valence-corrected chi connectivity index (χ0v) is 15.7. The summed E-state index contributed by atoms with van der Waals surface area (Å²) in [6.07, 6.45) is 1.98. The van der Waals surface area contributed by atoms with Crippen LogP contribution in [0.2, 0.25) is 0 Å². The largest absolute Gasteiger partial charge is 0.493 e. The first kappa shape index (κ1) is 19.5. The van der Waals surface area contributed by atoms with Gasteiger partial charge < -0.3 is 19.9 Å². The summed E-state index contributed by atoms with van der Waals surface area (Å²) >= 11 is 0. The molecule has 0 aliphatic carbocycles. The summed E-state index contributed by atoms with van der Waals surface area (Å²) in [5.74, 6) is 0.504. The lowest BCUT2D eigenvalue weighted by Gasteiger charge is -2.36. The number of piperidine rings is 1. The Balaban J connectivity index is 1.80. The molecule has 6 heteroatoms. The average molecular weight is 351 g/mol. The minimum Gasteiger partial charge on any atom is -0.493 e. The van der Waals surface area contributed by atoms with Crippen molar-refractivity contribution in [3.05, 3.63) is 30.1 Å². The van der Waals surface area contributed by atoms with E-state index in [2.05, 4.69) is 24.1 Å². The third kappa shape index (κ3) is 5.88. The monoisotopic (exact) mass is 351 g/mol. The van der Waals surface area contributed by atoms with Crippen molar-refractivity contribution in [2.75, 3.05) is 40.3 Å². The number of nitrogens with one attached hydrogen (secondary N) is 1. The molecule has 1 saturated heterocycles. The number of halogens is 1. The molecule has 1 aromatic carbocycles. The number of likely N-dealkylation sites (tertiary alicyclic amines) is 1. The van der Waals surface area contributed by atoms with E-state index in [9.17, 15) is 9.18 Å². The van der Waals surface area contributed by atoms with Gasteiger partial charge in [0.15, 0.2) is 0 Å². The number of urea groups is 1. The van der Waals surface area contributed by atoms with Crippen molar-refractivity contribution >= 4 is 6.03 Å². The van der Waals surface area contributed by atoms with Gasteiger partial charge in [-0.3, -0.25) is 0 Å². The predicted molar refractivity (Wildman–Crippen MR) is 97.4 cm³/mol. The number of carbonyl (C=O) groups excluding carboxylic acids is 1. The molecule has 1 N–H and O–H groups in total. The summed E-state index contributed by atoms with van der Waals surface area (Å²) in [5.41, 5.74) is -0.0919. The van der Waals surface area contributed by atoms with Gasteiger partial charge in [0.1, 0.15) is 11.6 Å². The Labute approximate surface area is 150 Å². The number of nitrogens with zero attached hydrogens (tertiary/aromatic N) is 2. The SMILES string of the molecule is CN(C)C(C)(C)CNC(=O)N1CCC[C@@H](COc2cccc(F)c2)C1. The fourth-order valence-corrected chi connectivity index (χ4v) is 2.72. The molecule has 2 amide bonds. The van der Waals surface area contributed by atoms with Crippen molar-refractivity contribution in [1.29, 1.82) is 0 Å². The second kappa shape index (κ2) is 8.52. The van der Waals surface area contributed by atoms with Crippen molar-refractivity contribution < 1.29 is 13.9 Å². The van der Waals surface area contributed by atoms with E-state index in [1.165, 1.54) is 12.1 Å². The highest BCUT2D eigenvalue weighted by molar-refractivity contribution is 5.74. The van der Waals surface area contributed by atoms with Gasteiger partial charge in [-0.1, -0.05) is 6.07 Å². The van der Waals surface area contributed by atoms with Crippen LogP contribution in [0.4, 0.5) is 9.18 Å². The highest BCUT2D eigenvalue weighted by atomic mass is 19.1. The smallest absolute Gasteiger partial charge is 0.317 e. The second-order valence-electron chi connectivity index (χ2n) is 7.59. The van der Waals surface area contributed by atoms with Gasteiger partial charge in [-0.15, -0.1) is 0 Å². The summed E-state index contributed by atoms with van der Waals surface area (Å²) in [5, 5.41) is 3.03. The maximum absolute atomic E-state index is 13.2. The molecule has 0 spiro atoms. The molecule has 1 aliphatic heterocycles. The van der Waals surface area contributed by atoms with Crippen LogP contribution in [0, 0.1) is 11.7 Å². The number of benzene rings is 1. The predicted octanol–water partition coefficient (Wildman–Crippen LogP) is 2.97. The summed E-state index contributed by atoms with van der Waals surface area (Å²) in [6, 6.07) is 6.15. The topological polar surface area (TPSA) is 44.8 Å². The van der Waals surface area contributed by atoms with E-state index < -0.39 is 0 Å². The van der Waals surface area contributed by atoms with Gasteiger partial charge in [0, 0.05) is 37.2 Å². The van der Waals surface area contributed by atoms with Crippen molar-refractivity contribution in [2.45, 2.75) is 32.2 Å². The minimum atomic E-state index is -0.300. The maximum atomic E-state index is 13.2. The fraction of sp³-hybridized carbons (Fsp3) is 0.632. The molecule has 0 radical (unpaired) electrons. The Hall–Kier alpha value is -1.82. The molecular formula is C19H30FN3O2. The van der Waals surface area contributed by atoms with E-state index in [1.54, 1.807) is 12.1 Å². The number of rotatable bonds is 6. The lowest BCUT2D eigenvalue weighted by molar-refractivity contribution is 0.131. The Kier molecular flexibility index (Phi) is 6.64. The number of carbonyl (C=O) groups is 1. The van der Waals surface area contributed by atoms with Crippen molar-refractivity contribution in [3.63, 3.8) is 0 Å². The molecule has 0 saturated carbocycles. The summed E-state index contributed by atoms with van der Waals surface area (Å²) in [7, 11) is 4.01. The zero-order chi connectivity index (χ0) is 18.4. The first-order valence-electron chi connectivity index (χ1n) is 8.86. The normalized spacial score (nSPS) is 18.3. The Morgan fingerprint density at radius 2 is 2.20 bits per heavy atom. The average Bonchev–Trinajstić information content (AvgIpc) is 2.58. The van der Waals surface area contributed by atoms with Gasteiger partial charge in [0.2, 0.25) is 0 Å². The molecule has 1 fully saturated rings. The Morgan fingerprint density at radius 3 is 2.88 bits per heavy atom. The number of hydrogen-bond donors (Lipinski definition) is 1. The molecular weight excluding hydrogens is 321 g/mol. The van der Waals surface area contributed by atoms with E-state index in [0.717, 1.165) is 19.4 Å². The molecule has 1 aliphatic rings. The van der Waals surface area contributed by atoms with Crippen molar-refractivity contribution in [3.8, 4) is 5.75 Å². The van der Waals surface area contributed by atoms with Crippen molar-refractivity contribution in [2.24, 2.45) is 5.92 Å². The highest BCUT2D eigenvalue weighted by Crippen LogP contribution is 2.19.